The SMILES string of the molecule is CCOc1ccc(-n2c(=S)sc3c(=O)n(C)c(SCc4ccccc4F)nc32)cc1. The number of rotatable bonds is 6. The molecule has 4 aromatic rings. The van der Waals surface area contributed by atoms with Gasteiger partial charge in [0.25, 0.3) is 5.56 Å². The predicted molar refractivity (Wildman–Crippen MR) is 122 cm³/mol. The number of aromatic nitrogens is 3. The lowest BCUT2D eigenvalue weighted by molar-refractivity contribution is 0.340. The van der Waals surface area contributed by atoms with Crippen molar-refractivity contribution in [2.45, 2.75) is 17.8 Å². The van der Waals surface area contributed by atoms with Gasteiger partial charge in [0.15, 0.2) is 14.8 Å². The Kier molecular flexibility index (Phi) is 6.03. The van der Waals surface area contributed by atoms with Crippen LogP contribution in [0.4, 0.5) is 4.39 Å². The number of nitrogens with zero attached hydrogens (tertiary/aromatic N) is 3. The average Bonchev–Trinajstić information content (AvgIpc) is 3.07. The third-order valence-electron chi connectivity index (χ3n) is 4.49. The van der Waals surface area contributed by atoms with Crippen molar-refractivity contribution in [2.75, 3.05) is 6.61 Å². The largest absolute Gasteiger partial charge is 0.494 e. The maximum atomic E-state index is 14.0. The highest BCUT2D eigenvalue weighted by Gasteiger charge is 2.17. The fraction of sp³-hybridized carbons (Fsp3) is 0.190. The van der Waals surface area contributed by atoms with Crippen molar-refractivity contribution in [1.29, 1.82) is 0 Å². The Labute approximate surface area is 185 Å². The second-order valence-electron chi connectivity index (χ2n) is 6.42. The summed E-state index contributed by atoms with van der Waals surface area (Å²) in [6.45, 7) is 2.51. The molecular weight excluding hydrogens is 441 g/mol. The van der Waals surface area contributed by atoms with Crippen LogP contribution < -0.4 is 10.3 Å². The molecule has 0 amide bonds. The van der Waals surface area contributed by atoms with Gasteiger partial charge in [-0.05, 0) is 55.0 Å². The molecule has 9 heteroatoms. The highest BCUT2D eigenvalue weighted by Crippen LogP contribution is 2.28. The van der Waals surface area contributed by atoms with Gasteiger partial charge in [-0.2, -0.15) is 0 Å². The monoisotopic (exact) mass is 459 g/mol. The van der Waals surface area contributed by atoms with E-state index < -0.39 is 0 Å². The van der Waals surface area contributed by atoms with E-state index in [-0.39, 0.29) is 11.4 Å². The van der Waals surface area contributed by atoms with E-state index in [4.69, 9.17) is 21.9 Å². The number of thioether (sulfide) groups is 1. The second-order valence-corrected chi connectivity index (χ2v) is 9.01. The number of fused-ring (bicyclic) bond motifs is 1. The lowest BCUT2D eigenvalue weighted by Crippen LogP contribution is -2.19. The van der Waals surface area contributed by atoms with Gasteiger partial charge in [0.1, 0.15) is 16.3 Å². The van der Waals surface area contributed by atoms with E-state index in [0.29, 0.717) is 37.4 Å². The van der Waals surface area contributed by atoms with E-state index in [1.165, 1.54) is 33.7 Å². The minimum absolute atomic E-state index is 0.170. The highest BCUT2D eigenvalue weighted by molar-refractivity contribution is 7.98. The Bertz CT molecular complexity index is 1330. The number of hydrogen-bond acceptors (Lipinski definition) is 6. The summed E-state index contributed by atoms with van der Waals surface area (Å²) >= 11 is 8.08. The topological polar surface area (TPSA) is 49.0 Å². The number of hydrogen-bond donors (Lipinski definition) is 0. The zero-order valence-corrected chi connectivity index (χ0v) is 18.7. The van der Waals surface area contributed by atoms with E-state index in [1.54, 1.807) is 29.8 Å². The van der Waals surface area contributed by atoms with Crippen LogP contribution in [-0.2, 0) is 12.8 Å². The van der Waals surface area contributed by atoms with Crippen LogP contribution in [0.2, 0.25) is 0 Å². The van der Waals surface area contributed by atoms with Gasteiger partial charge in [0, 0.05) is 18.5 Å². The van der Waals surface area contributed by atoms with Crippen LogP contribution in [0.15, 0.2) is 58.5 Å². The number of halogens is 1. The smallest absolute Gasteiger partial charge is 0.273 e. The molecule has 0 aliphatic heterocycles. The van der Waals surface area contributed by atoms with Gasteiger partial charge in [0.05, 0.1) is 6.61 Å². The normalized spacial score (nSPS) is 11.2. The van der Waals surface area contributed by atoms with Crippen molar-refractivity contribution in [2.24, 2.45) is 7.05 Å². The van der Waals surface area contributed by atoms with Crippen LogP contribution in [0.3, 0.4) is 0 Å². The number of ether oxygens (including phenoxy) is 1. The van der Waals surface area contributed by atoms with Gasteiger partial charge in [-0.25, -0.2) is 9.37 Å². The maximum Gasteiger partial charge on any atom is 0.273 e. The van der Waals surface area contributed by atoms with Crippen LogP contribution in [0.25, 0.3) is 16.0 Å². The van der Waals surface area contributed by atoms with E-state index in [9.17, 15) is 9.18 Å². The Balaban J connectivity index is 1.77. The molecule has 0 bridgehead atoms. The molecule has 0 saturated carbocycles. The number of thiazole rings is 1. The van der Waals surface area contributed by atoms with E-state index >= 15 is 0 Å². The number of benzene rings is 2. The van der Waals surface area contributed by atoms with Crippen molar-refractivity contribution >= 4 is 45.7 Å². The summed E-state index contributed by atoms with van der Waals surface area (Å²) in [5.41, 5.74) is 1.70. The molecule has 2 aromatic heterocycles. The van der Waals surface area contributed by atoms with Crippen LogP contribution in [0, 0.1) is 9.77 Å². The van der Waals surface area contributed by atoms with Gasteiger partial charge in [-0.3, -0.25) is 13.9 Å². The Morgan fingerprint density at radius 3 is 2.63 bits per heavy atom. The molecule has 0 aliphatic rings. The van der Waals surface area contributed by atoms with Crippen LogP contribution >= 0.6 is 35.3 Å². The average molecular weight is 460 g/mol. The lowest BCUT2D eigenvalue weighted by atomic mass is 10.2. The van der Waals surface area contributed by atoms with Crippen molar-refractivity contribution in [3.8, 4) is 11.4 Å². The molecule has 2 heterocycles. The minimum atomic E-state index is -0.274. The molecule has 30 heavy (non-hydrogen) atoms. The molecule has 0 radical (unpaired) electrons. The van der Waals surface area contributed by atoms with Crippen molar-refractivity contribution < 1.29 is 9.13 Å². The molecule has 4 rings (SSSR count). The maximum absolute atomic E-state index is 14.0. The summed E-state index contributed by atoms with van der Waals surface area (Å²) in [5, 5.41) is 0.503. The van der Waals surface area contributed by atoms with Gasteiger partial charge in [-0.15, -0.1) is 0 Å². The van der Waals surface area contributed by atoms with Crippen LogP contribution in [-0.4, -0.2) is 20.7 Å². The third-order valence-corrected chi connectivity index (χ3v) is 6.92. The quantitative estimate of drug-likeness (QED) is 0.221. The molecule has 0 fully saturated rings. The predicted octanol–water partition coefficient (Wildman–Crippen LogP) is 5.35. The molecule has 0 atom stereocenters. The summed E-state index contributed by atoms with van der Waals surface area (Å²) in [4.78, 5) is 17.6. The molecule has 0 spiro atoms. The third kappa shape index (κ3) is 3.92. The van der Waals surface area contributed by atoms with E-state index in [2.05, 4.69) is 0 Å². The lowest BCUT2D eigenvalue weighted by Gasteiger charge is -2.10. The fourth-order valence-corrected chi connectivity index (χ4v) is 5.28. The van der Waals surface area contributed by atoms with Gasteiger partial charge in [-0.1, -0.05) is 41.3 Å². The first-order chi connectivity index (χ1) is 14.5. The molecule has 0 N–H and O–H groups in total. The summed E-state index contributed by atoms with van der Waals surface area (Å²) in [5.74, 6) is 0.855. The zero-order chi connectivity index (χ0) is 21.3. The fourth-order valence-electron chi connectivity index (χ4n) is 2.98. The zero-order valence-electron chi connectivity index (χ0n) is 16.3. The van der Waals surface area contributed by atoms with Gasteiger partial charge >= 0.3 is 0 Å². The molecule has 5 nitrogen and oxygen atoms in total. The Morgan fingerprint density at radius 2 is 1.93 bits per heavy atom. The van der Waals surface area contributed by atoms with E-state index in [1.807, 2.05) is 31.2 Å². The van der Waals surface area contributed by atoms with E-state index in [0.717, 1.165) is 11.4 Å². The first-order valence-electron chi connectivity index (χ1n) is 9.21. The van der Waals surface area contributed by atoms with Crippen molar-refractivity contribution in [3.63, 3.8) is 0 Å². The molecule has 0 unspecified atom stereocenters. The first kappa shape index (κ1) is 20.8. The molecule has 154 valence electrons. The molecule has 0 saturated heterocycles. The van der Waals surface area contributed by atoms with Crippen LogP contribution in [0.5, 0.6) is 5.75 Å². The highest BCUT2D eigenvalue weighted by atomic mass is 32.2. The molecular formula is C21H18FN3O2S3. The standard InChI is InChI=1S/C21H18FN3O2S3/c1-3-27-15-10-8-14(9-11-15)25-18-17(30-21(25)28)19(26)24(2)20(23-18)29-12-13-6-4-5-7-16(13)22/h4-11H,3,12H2,1-2H3. The van der Waals surface area contributed by atoms with Gasteiger partial charge in [0.2, 0.25) is 0 Å². The van der Waals surface area contributed by atoms with Crippen LogP contribution in [0.1, 0.15) is 12.5 Å². The first-order valence-corrected chi connectivity index (χ1v) is 11.4. The van der Waals surface area contributed by atoms with Gasteiger partial charge < -0.3 is 4.74 Å². The van der Waals surface area contributed by atoms with Crippen molar-refractivity contribution in [3.05, 3.63) is 74.2 Å². The summed E-state index contributed by atoms with van der Waals surface area (Å²) < 4.78 is 23.8. The summed E-state index contributed by atoms with van der Waals surface area (Å²) in [6.07, 6.45) is 0. The second kappa shape index (κ2) is 8.71. The Hall–Kier alpha value is -2.49. The minimum Gasteiger partial charge on any atom is -0.494 e. The molecule has 0 aliphatic carbocycles. The van der Waals surface area contributed by atoms with Crippen molar-refractivity contribution in [1.82, 2.24) is 14.1 Å². The summed E-state index contributed by atoms with van der Waals surface area (Å²) in [6, 6.07) is 14.1. The summed E-state index contributed by atoms with van der Waals surface area (Å²) in [7, 11) is 1.67. The Morgan fingerprint density at radius 1 is 1.20 bits per heavy atom. The molecule has 2 aromatic carbocycles.